The molecule has 2 aromatic rings. The summed E-state index contributed by atoms with van der Waals surface area (Å²) in [7, 11) is 0. The van der Waals surface area contributed by atoms with E-state index in [0.717, 1.165) is 22.8 Å². The molecular weight excluding hydrogens is 260 g/mol. The maximum Gasteiger partial charge on any atom is 0.161 e. The highest BCUT2D eigenvalue weighted by Gasteiger charge is 2.07. The van der Waals surface area contributed by atoms with E-state index in [-0.39, 0.29) is 0 Å². The molecule has 4 nitrogen and oxygen atoms in total. The van der Waals surface area contributed by atoms with Gasteiger partial charge >= 0.3 is 0 Å². The normalized spacial score (nSPS) is 10.2. The molecule has 0 aliphatic rings. The molecule has 0 fully saturated rings. The van der Waals surface area contributed by atoms with Crippen molar-refractivity contribution in [2.75, 3.05) is 13.2 Å². The average Bonchev–Trinajstić information content (AvgIpc) is 2.41. The molecule has 19 heavy (non-hydrogen) atoms. The number of hydrogen-bond acceptors (Lipinski definition) is 4. The maximum atomic E-state index is 5.60. The van der Waals surface area contributed by atoms with E-state index in [1.54, 1.807) is 6.33 Å². The summed E-state index contributed by atoms with van der Waals surface area (Å²) in [4.78, 5) is 7.05. The second-order valence-electron chi connectivity index (χ2n) is 3.83. The summed E-state index contributed by atoms with van der Waals surface area (Å²) in [5.74, 6) is 1.48. The number of rotatable bonds is 5. The first-order valence-corrected chi connectivity index (χ1v) is 6.60. The van der Waals surface area contributed by atoms with Crippen LogP contribution in [0.2, 0.25) is 0 Å². The summed E-state index contributed by atoms with van der Waals surface area (Å²) in [6, 6.07) is 7.63. The Morgan fingerprint density at radius 2 is 1.84 bits per heavy atom. The summed E-state index contributed by atoms with van der Waals surface area (Å²) < 4.78 is 11.7. The molecule has 5 heteroatoms. The lowest BCUT2D eigenvalue weighted by Gasteiger charge is -2.12. The van der Waals surface area contributed by atoms with Gasteiger partial charge in [-0.2, -0.15) is 0 Å². The van der Waals surface area contributed by atoms with Gasteiger partial charge in [-0.1, -0.05) is 12.2 Å². The molecule has 100 valence electrons. The van der Waals surface area contributed by atoms with E-state index in [0.29, 0.717) is 17.9 Å². The summed E-state index contributed by atoms with van der Waals surface area (Å²) in [6.07, 6.45) is 1.59. The van der Waals surface area contributed by atoms with Gasteiger partial charge in [0.05, 0.1) is 19.5 Å². The van der Waals surface area contributed by atoms with Crippen molar-refractivity contribution < 1.29 is 9.47 Å². The SMILES string of the molecule is CCOc1ccc(-c2cc(=S)nc[nH]2)cc1OCC. The van der Waals surface area contributed by atoms with Gasteiger partial charge in [-0.05, 0) is 38.1 Å². The smallest absolute Gasteiger partial charge is 0.161 e. The van der Waals surface area contributed by atoms with E-state index >= 15 is 0 Å². The maximum absolute atomic E-state index is 5.60. The molecule has 1 aromatic heterocycles. The predicted molar refractivity (Wildman–Crippen MR) is 77.2 cm³/mol. The molecule has 0 spiro atoms. The van der Waals surface area contributed by atoms with Gasteiger partial charge in [0.15, 0.2) is 11.5 Å². The topological polar surface area (TPSA) is 47.1 Å². The largest absolute Gasteiger partial charge is 0.490 e. The Hall–Kier alpha value is -1.88. The van der Waals surface area contributed by atoms with Gasteiger partial charge in [0.2, 0.25) is 0 Å². The van der Waals surface area contributed by atoms with Crippen LogP contribution in [0.3, 0.4) is 0 Å². The van der Waals surface area contributed by atoms with Crippen LogP contribution in [0.4, 0.5) is 0 Å². The minimum absolute atomic E-state index is 0.556. The van der Waals surface area contributed by atoms with Gasteiger partial charge in [-0.15, -0.1) is 0 Å². The third-order valence-corrected chi connectivity index (χ3v) is 2.76. The lowest BCUT2D eigenvalue weighted by Crippen LogP contribution is -1.98. The van der Waals surface area contributed by atoms with Crippen molar-refractivity contribution in [1.82, 2.24) is 9.97 Å². The van der Waals surface area contributed by atoms with Crippen molar-refractivity contribution in [3.8, 4) is 22.8 Å². The lowest BCUT2D eigenvalue weighted by atomic mass is 10.1. The van der Waals surface area contributed by atoms with Crippen molar-refractivity contribution in [3.05, 3.63) is 35.2 Å². The average molecular weight is 276 g/mol. The van der Waals surface area contributed by atoms with Crippen LogP contribution in [0.1, 0.15) is 13.8 Å². The van der Waals surface area contributed by atoms with E-state index in [4.69, 9.17) is 21.7 Å². The van der Waals surface area contributed by atoms with Crippen molar-refractivity contribution in [3.63, 3.8) is 0 Å². The van der Waals surface area contributed by atoms with E-state index in [1.807, 2.05) is 38.1 Å². The number of nitrogens with one attached hydrogen (secondary N) is 1. The van der Waals surface area contributed by atoms with E-state index in [9.17, 15) is 0 Å². The summed E-state index contributed by atoms with van der Waals surface area (Å²) in [5.41, 5.74) is 1.89. The van der Waals surface area contributed by atoms with E-state index in [2.05, 4.69) is 9.97 Å². The first kappa shape index (κ1) is 13.5. The fourth-order valence-corrected chi connectivity index (χ4v) is 1.92. The Kier molecular flexibility index (Phi) is 4.52. The van der Waals surface area contributed by atoms with Gasteiger partial charge in [0.25, 0.3) is 0 Å². The summed E-state index contributed by atoms with van der Waals surface area (Å²) in [5, 5.41) is 0. The van der Waals surface area contributed by atoms with Crippen LogP contribution >= 0.6 is 12.2 Å². The second-order valence-corrected chi connectivity index (χ2v) is 4.24. The molecule has 0 saturated heterocycles. The molecule has 1 heterocycles. The minimum Gasteiger partial charge on any atom is -0.490 e. The van der Waals surface area contributed by atoms with Crippen molar-refractivity contribution in [2.24, 2.45) is 0 Å². The fourth-order valence-electron chi connectivity index (χ4n) is 1.75. The Morgan fingerprint density at radius 1 is 1.11 bits per heavy atom. The van der Waals surface area contributed by atoms with Crippen molar-refractivity contribution in [2.45, 2.75) is 13.8 Å². The molecule has 0 aliphatic heterocycles. The van der Waals surface area contributed by atoms with Gasteiger partial charge in [0, 0.05) is 11.3 Å². The first-order valence-electron chi connectivity index (χ1n) is 6.19. The van der Waals surface area contributed by atoms with Crippen LogP contribution in [-0.2, 0) is 0 Å². The fraction of sp³-hybridized carbons (Fsp3) is 0.286. The number of aromatic amines is 1. The Labute approximate surface area is 117 Å². The van der Waals surface area contributed by atoms with Crippen LogP contribution in [0.5, 0.6) is 11.5 Å². The predicted octanol–water partition coefficient (Wildman–Crippen LogP) is 3.60. The third-order valence-electron chi connectivity index (χ3n) is 2.53. The zero-order valence-electron chi connectivity index (χ0n) is 11.0. The van der Waals surface area contributed by atoms with Crippen LogP contribution in [0.15, 0.2) is 30.6 Å². The highest BCUT2D eigenvalue weighted by Crippen LogP contribution is 2.32. The van der Waals surface area contributed by atoms with Gasteiger partial charge in [0.1, 0.15) is 4.64 Å². The molecule has 1 aromatic carbocycles. The van der Waals surface area contributed by atoms with Gasteiger partial charge in [-0.3, -0.25) is 0 Å². The van der Waals surface area contributed by atoms with Gasteiger partial charge in [-0.25, -0.2) is 4.98 Å². The van der Waals surface area contributed by atoms with Crippen LogP contribution in [0, 0.1) is 4.64 Å². The highest BCUT2D eigenvalue weighted by molar-refractivity contribution is 7.71. The number of benzene rings is 1. The Bertz CT molecular complexity index is 610. The first-order chi connectivity index (χ1) is 9.24. The third kappa shape index (κ3) is 3.32. The zero-order valence-corrected chi connectivity index (χ0v) is 11.8. The number of hydrogen-bond donors (Lipinski definition) is 1. The minimum atomic E-state index is 0.556. The molecular formula is C14H16N2O2S. The van der Waals surface area contributed by atoms with Crippen molar-refractivity contribution in [1.29, 1.82) is 0 Å². The van der Waals surface area contributed by atoms with Gasteiger partial charge < -0.3 is 14.5 Å². The number of nitrogens with zero attached hydrogens (tertiary/aromatic N) is 1. The molecule has 2 rings (SSSR count). The van der Waals surface area contributed by atoms with Crippen LogP contribution < -0.4 is 9.47 Å². The molecule has 0 radical (unpaired) electrons. The van der Waals surface area contributed by atoms with Crippen LogP contribution in [0.25, 0.3) is 11.3 Å². The molecule has 0 bridgehead atoms. The monoisotopic (exact) mass is 276 g/mol. The molecule has 0 unspecified atom stereocenters. The van der Waals surface area contributed by atoms with Crippen molar-refractivity contribution >= 4 is 12.2 Å². The Morgan fingerprint density at radius 3 is 2.53 bits per heavy atom. The standard InChI is InChI=1S/C14H16N2O2S/c1-3-17-12-6-5-10(7-13(12)18-4-2)11-8-14(19)16-9-15-11/h5-9H,3-4H2,1-2H3,(H,15,16,19). The van der Waals surface area contributed by atoms with E-state index < -0.39 is 0 Å². The highest BCUT2D eigenvalue weighted by atomic mass is 32.1. The zero-order chi connectivity index (χ0) is 13.7. The lowest BCUT2D eigenvalue weighted by molar-refractivity contribution is 0.288. The molecule has 0 atom stereocenters. The molecule has 0 aliphatic carbocycles. The summed E-state index contributed by atoms with van der Waals surface area (Å²) in [6.45, 7) is 5.10. The van der Waals surface area contributed by atoms with E-state index in [1.165, 1.54) is 0 Å². The second kappa shape index (κ2) is 6.33. The number of ether oxygens (including phenoxy) is 2. The number of H-pyrrole nitrogens is 1. The Balaban J connectivity index is 2.42. The molecule has 1 N–H and O–H groups in total. The van der Waals surface area contributed by atoms with Crippen LogP contribution in [-0.4, -0.2) is 23.2 Å². The quantitative estimate of drug-likeness (QED) is 0.848. The number of aromatic nitrogens is 2. The molecule has 0 amide bonds. The summed E-state index contributed by atoms with van der Waals surface area (Å²) >= 11 is 5.06. The molecule has 0 saturated carbocycles.